The van der Waals surface area contributed by atoms with E-state index in [0.29, 0.717) is 15.6 Å². The van der Waals surface area contributed by atoms with Crippen LogP contribution in [0.4, 0.5) is 8.78 Å². The number of aryl methyl sites for hydroxylation is 1. The fourth-order valence-electron chi connectivity index (χ4n) is 0.883. The molecule has 0 fully saturated rings. The molecule has 0 aromatic carbocycles. The number of nitrogens with zero attached hydrogens (tertiary/aromatic N) is 1. The minimum Gasteiger partial charge on any atom is -0.296 e. The van der Waals surface area contributed by atoms with E-state index in [1.807, 2.05) is 22.6 Å². The highest BCUT2D eigenvalue weighted by molar-refractivity contribution is 14.1. The van der Waals surface area contributed by atoms with E-state index in [4.69, 9.17) is 0 Å². The van der Waals surface area contributed by atoms with E-state index in [1.165, 1.54) is 6.07 Å². The van der Waals surface area contributed by atoms with Gasteiger partial charge in [0.1, 0.15) is 5.69 Å². The van der Waals surface area contributed by atoms with Gasteiger partial charge in [-0.25, -0.2) is 13.8 Å². The van der Waals surface area contributed by atoms with Gasteiger partial charge in [-0.1, -0.05) is 0 Å². The maximum absolute atomic E-state index is 12.3. The molecule has 0 aliphatic carbocycles. The van der Waals surface area contributed by atoms with Crippen molar-refractivity contribution in [3.05, 3.63) is 26.6 Å². The van der Waals surface area contributed by atoms with Gasteiger partial charge in [0, 0.05) is 9.13 Å². The lowest BCUT2D eigenvalue weighted by atomic mass is 10.2. The molecule has 0 N–H and O–H groups in total. The molecule has 0 spiro atoms. The second kappa shape index (κ2) is 4.08. The van der Waals surface area contributed by atoms with Crippen molar-refractivity contribution in [2.75, 3.05) is 0 Å². The molecule has 0 atom stereocenters. The molecule has 5 heteroatoms. The Bertz CT molecular complexity index is 341. The van der Waals surface area contributed by atoms with Crippen LogP contribution in [0.5, 0.6) is 0 Å². The SMILES string of the molecule is Cc1nc(C=O)c(C(F)F)cc1I. The summed E-state index contributed by atoms with van der Waals surface area (Å²) in [5.41, 5.74) is 0.116. The Morgan fingerprint density at radius 3 is 2.69 bits per heavy atom. The molecule has 2 nitrogen and oxygen atoms in total. The van der Waals surface area contributed by atoms with Gasteiger partial charge in [-0.15, -0.1) is 0 Å². The first-order chi connectivity index (χ1) is 6.06. The van der Waals surface area contributed by atoms with Crippen LogP contribution in [0.1, 0.15) is 28.2 Å². The largest absolute Gasteiger partial charge is 0.296 e. The Kier molecular flexibility index (Phi) is 3.29. The Hall–Kier alpha value is -0.590. The van der Waals surface area contributed by atoms with Gasteiger partial charge in [-0.3, -0.25) is 4.79 Å². The molecule has 0 aliphatic heterocycles. The maximum atomic E-state index is 12.3. The van der Waals surface area contributed by atoms with Crippen LogP contribution in [0.25, 0.3) is 0 Å². The Morgan fingerprint density at radius 2 is 2.23 bits per heavy atom. The number of aromatic nitrogens is 1. The molecule has 1 aromatic heterocycles. The monoisotopic (exact) mass is 297 g/mol. The van der Waals surface area contributed by atoms with Crippen molar-refractivity contribution >= 4 is 28.9 Å². The van der Waals surface area contributed by atoms with Crippen LogP contribution in [0.2, 0.25) is 0 Å². The number of carbonyl (C=O) groups is 1. The van der Waals surface area contributed by atoms with Gasteiger partial charge < -0.3 is 0 Å². The van der Waals surface area contributed by atoms with Gasteiger partial charge in [0.15, 0.2) is 6.29 Å². The summed E-state index contributed by atoms with van der Waals surface area (Å²) in [5, 5.41) is 0. The number of rotatable bonds is 2. The first kappa shape index (κ1) is 10.5. The van der Waals surface area contributed by atoms with E-state index in [1.54, 1.807) is 6.92 Å². The molecule has 70 valence electrons. The number of pyridine rings is 1. The molecule has 1 heterocycles. The van der Waals surface area contributed by atoms with Gasteiger partial charge in [0.25, 0.3) is 6.43 Å². The summed E-state index contributed by atoms with van der Waals surface area (Å²) in [6, 6.07) is 1.29. The summed E-state index contributed by atoms with van der Waals surface area (Å²) in [4.78, 5) is 14.2. The van der Waals surface area contributed by atoms with E-state index in [9.17, 15) is 13.6 Å². The van der Waals surface area contributed by atoms with Crippen LogP contribution < -0.4 is 0 Å². The highest BCUT2D eigenvalue weighted by Gasteiger charge is 2.15. The van der Waals surface area contributed by atoms with E-state index >= 15 is 0 Å². The normalized spacial score (nSPS) is 10.5. The summed E-state index contributed by atoms with van der Waals surface area (Å²) in [5.74, 6) is 0. The van der Waals surface area contributed by atoms with Crippen molar-refractivity contribution in [3.63, 3.8) is 0 Å². The molecule has 0 saturated carbocycles. The number of alkyl halides is 2. The summed E-state index contributed by atoms with van der Waals surface area (Å²) in [6.07, 6.45) is -2.30. The van der Waals surface area contributed by atoms with Crippen LogP contribution >= 0.6 is 22.6 Å². The summed E-state index contributed by atoms with van der Waals surface area (Å²) in [7, 11) is 0. The standard InChI is InChI=1S/C8H6F2INO/c1-4-6(11)2-5(8(9)10)7(3-13)12-4/h2-3,8H,1H3. The van der Waals surface area contributed by atoms with Crippen LogP contribution in [-0.4, -0.2) is 11.3 Å². The molecule has 0 saturated heterocycles. The van der Waals surface area contributed by atoms with Gasteiger partial charge in [0.05, 0.1) is 5.69 Å². The highest BCUT2D eigenvalue weighted by Crippen LogP contribution is 2.23. The van der Waals surface area contributed by atoms with E-state index in [-0.39, 0.29) is 11.3 Å². The lowest BCUT2D eigenvalue weighted by Crippen LogP contribution is -2.01. The van der Waals surface area contributed by atoms with E-state index in [0.717, 1.165) is 0 Å². The molecule has 0 radical (unpaired) electrons. The number of halogens is 3. The number of carbonyl (C=O) groups excluding carboxylic acids is 1. The van der Waals surface area contributed by atoms with Crippen LogP contribution in [0.3, 0.4) is 0 Å². The summed E-state index contributed by atoms with van der Waals surface area (Å²) >= 11 is 1.90. The van der Waals surface area contributed by atoms with E-state index in [2.05, 4.69) is 4.98 Å². The van der Waals surface area contributed by atoms with Crippen molar-refractivity contribution in [2.45, 2.75) is 13.3 Å². The molecular weight excluding hydrogens is 291 g/mol. The molecule has 0 bridgehead atoms. The molecule has 1 aromatic rings. The molecule has 0 unspecified atom stereocenters. The molecule has 0 amide bonds. The third-order valence-corrected chi connectivity index (χ3v) is 2.65. The number of aldehydes is 1. The Labute approximate surface area is 87.5 Å². The average molecular weight is 297 g/mol. The first-order valence-corrected chi connectivity index (χ1v) is 4.54. The van der Waals surface area contributed by atoms with Crippen molar-refractivity contribution in [3.8, 4) is 0 Å². The fraction of sp³-hybridized carbons (Fsp3) is 0.250. The lowest BCUT2D eigenvalue weighted by Gasteiger charge is -2.05. The van der Waals surface area contributed by atoms with Crippen molar-refractivity contribution in [1.29, 1.82) is 0 Å². The summed E-state index contributed by atoms with van der Waals surface area (Å²) in [6.45, 7) is 1.67. The maximum Gasteiger partial charge on any atom is 0.266 e. The van der Waals surface area contributed by atoms with E-state index < -0.39 is 6.43 Å². The van der Waals surface area contributed by atoms with Crippen molar-refractivity contribution < 1.29 is 13.6 Å². The molecule has 1 rings (SSSR count). The van der Waals surface area contributed by atoms with Crippen molar-refractivity contribution in [1.82, 2.24) is 4.98 Å². The minimum absolute atomic E-state index is 0.173. The summed E-state index contributed by atoms with van der Waals surface area (Å²) < 4.78 is 25.3. The average Bonchev–Trinajstić information content (AvgIpc) is 2.08. The fourth-order valence-corrected chi connectivity index (χ4v) is 1.34. The first-order valence-electron chi connectivity index (χ1n) is 3.46. The number of hydrogen-bond acceptors (Lipinski definition) is 2. The van der Waals surface area contributed by atoms with Crippen LogP contribution in [0, 0.1) is 10.5 Å². The van der Waals surface area contributed by atoms with Gasteiger partial charge >= 0.3 is 0 Å². The van der Waals surface area contributed by atoms with Crippen molar-refractivity contribution in [2.24, 2.45) is 0 Å². The minimum atomic E-state index is -2.65. The predicted octanol–water partition coefficient (Wildman–Crippen LogP) is 2.74. The Balaban J connectivity index is 3.32. The zero-order valence-electron chi connectivity index (χ0n) is 6.72. The second-order valence-corrected chi connectivity index (χ2v) is 3.61. The molecular formula is C8H6F2INO. The van der Waals surface area contributed by atoms with Gasteiger partial charge in [-0.05, 0) is 35.6 Å². The zero-order chi connectivity index (χ0) is 10.0. The smallest absolute Gasteiger partial charge is 0.266 e. The highest BCUT2D eigenvalue weighted by atomic mass is 127. The Morgan fingerprint density at radius 1 is 1.62 bits per heavy atom. The quantitative estimate of drug-likeness (QED) is 0.620. The topological polar surface area (TPSA) is 30.0 Å². The molecule has 0 aliphatic rings. The lowest BCUT2D eigenvalue weighted by molar-refractivity contribution is 0.110. The zero-order valence-corrected chi connectivity index (χ0v) is 8.88. The third kappa shape index (κ3) is 2.20. The number of hydrogen-bond donors (Lipinski definition) is 0. The third-order valence-electron chi connectivity index (χ3n) is 1.56. The van der Waals surface area contributed by atoms with Crippen LogP contribution in [0.15, 0.2) is 6.07 Å². The van der Waals surface area contributed by atoms with Crippen LogP contribution in [-0.2, 0) is 0 Å². The second-order valence-electron chi connectivity index (χ2n) is 2.45. The van der Waals surface area contributed by atoms with Gasteiger partial charge in [-0.2, -0.15) is 0 Å². The predicted molar refractivity (Wildman–Crippen MR) is 52.0 cm³/mol. The van der Waals surface area contributed by atoms with Gasteiger partial charge in [0.2, 0.25) is 0 Å². The molecule has 13 heavy (non-hydrogen) atoms.